The van der Waals surface area contributed by atoms with E-state index in [0.717, 1.165) is 18.5 Å². The first-order valence-corrected chi connectivity index (χ1v) is 7.89. The fourth-order valence-electron chi connectivity index (χ4n) is 2.64. The van der Waals surface area contributed by atoms with Crippen LogP contribution in [0.1, 0.15) is 19.8 Å². The highest BCUT2D eigenvalue weighted by Crippen LogP contribution is 2.21. The standard InChI is InChI=1S/C17H24N2O4/c1-13(20)19(15-4-3-5-16(12-15)22-2)9-8-18-17(21)14-6-10-23-11-7-14/h3-5,12,14H,6-11H2,1-2H3,(H,18,21). The van der Waals surface area contributed by atoms with Crippen molar-refractivity contribution in [1.82, 2.24) is 5.32 Å². The second-order valence-electron chi connectivity index (χ2n) is 5.55. The summed E-state index contributed by atoms with van der Waals surface area (Å²) in [5.74, 6) is 0.687. The number of amides is 2. The molecule has 23 heavy (non-hydrogen) atoms. The van der Waals surface area contributed by atoms with E-state index in [2.05, 4.69) is 5.32 Å². The SMILES string of the molecule is COc1cccc(N(CCNC(=O)C2CCOCC2)C(C)=O)c1. The number of carbonyl (C=O) groups is 2. The number of anilines is 1. The van der Waals surface area contributed by atoms with E-state index < -0.39 is 0 Å². The minimum Gasteiger partial charge on any atom is -0.497 e. The van der Waals surface area contributed by atoms with Gasteiger partial charge in [0.05, 0.1) is 7.11 Å². The molecule has 1 saturated heterocycles. The molecule has 0 bridgehead atoms. The topological polar surface area (TPSA) is 67.9 Å². The van der Waals surface area contributed by atoms with Gasteiger partial charge in [-0.05, 0) is 25.0 Å². The van der Waals surface area contributed by atoms with Crippen LogP contribution in [0.4, 0.5) is 5.69 Å². The summed E-state index contributed by atoms with van der Waals surface area (Å²) in [6, 6.07) is 7.32. The Kier molecular flexibility index (Phi) is 6.40. The molecular formula is C17H24N2O4. The predicted molar refractivity (Wildman–Crippen MR) is 87.6 cm³/mol. The molecular weight excluding hydrogens is 296 g/mol. The van der Waals surface area contributed by atoms with Crippen molar-refractivity contribution >= 4 is 17.5 Å². The quantitative estimate of drug-likeness (QED) is 0.864. The van der Waals surface area contributed by atoms with Gasteiger partial charge in [0.15, 0.2) is 0 Å². The van der Waals surface area contributed by atoms with Crippen molar-refractivity contribution in [2.24, 2.45) is 5.92 Å². The molecule has 0 radical (unpaired) electrons. The van der Waals surface area contributed by atoms with Crippen molar-refractivity contribution in [2.75, 3.05) is 38.3 Å². The summed E-state index contributed by atoms with van der Waals surface area (Å²) < 4.78 is 10.4. The molecule has 0 unspecified atom stereocenters. The van der Waals surface area contributed by atoms with E-state index in [1.807, 2.05) is 24.3 Å². The normalized spacial score (nSPS) is 15.0. The van der Waals surface area contributed by atoms with Crippen molar-refractivity contribution in [3.63, 3.8) is 0 Å². The summed E-state index contributed by atoms with van der Waals surface area (Å²) in [6.07, 6.45) is 1.52. The van der Waals surface area contributed by atoms with Crippen molar-refractivity contribution in [3.8, 4) is 5.75 Å². The van der Waals surface area contributed by atoms with E-state index in [1.165, 1.54) is 6.92 Å². The molecule has 126 valence electrons. The Morgan fingerprint density at radius 3 is 2.74 bits per heavy atom. The lowest BCUT2D eigenvalue weighted by Crippen LogP contribution is -2.40. The Morgan fingerprint density at radius 2 is 2.09 bits per heavy atom. The second kappa shape index (κ2) is 8.53. The first-order valence-electron chi connectivity index (χ1n) is 7.89. The molecule has 0 aromatic heterocycles. The van der Waals surface area contributed by atoms with E-state index in [9.17, 15) is 9.59 Å². The average molecular weight is 320 g/mol. The molecule has 0 saturated carbocycles. The fraction of sp³-hybridized carbons (Fsp3) is 0.529. The molecule has 2 amide bonds. The minimum absolute atomic E-state index is 0.0198. The monoisotopic (exact) mass is 320 g/mol. The molecule has 1 N–H and O–H groups in total. The van der Waals surface area contributed by atoms with Gasteiger partial charge in [0.1, 0.15) is 5.75 Å². The van der Waals surface area contributed by atoms with Crippen LogP contribution in [0, 0.1) is 5.92 Å². The van der Waals surface area contributed by atoms with Crippen LogP contribution in [0.2, 0.25) is 0 Å². The number of benzene rings is 1. The predicted octanol–water partition coefficient (Wildman–Crippen LogP) is 1.59. The van der Waals surface area contributed by atoms with Crippen molar-refractivity contribution < 1.29 is 19.1 Å². The summed E-state index contributed by atoms with van der Waals surface area (Å²) in [7, 11) is 1.59. The zero-order chi connectivity index (χ0) is 16.7. The van der Waals surface area contributed by atoms with Crippen LogP contribution >= 0.6 is 0 Å². The first kappa shape index (κ1) is 17.3. The molecule has 1 aromatic rings. The smallest absolute Gasteiger partial charge is 0.223 e. The van der Waals surface area contributed by atoms with Gasteiger partial charge in [0.25, 0.3) is 0 Å². The number of hydrogen-bond acceptors (Lipinski definition) is 4. The van der Waals surface area contributed by atoms with E-state index in [1.54, 1.807) is 12.0 Å². The Balaban J connectivity index is 1.89. The molecule has 1 aliphatic rings. The molecule has 6 heteroatoms. The first-order chi connectivity index (χ1) is 11.1. The van der Waals surface area contributed by atoms with Crippen LogP contribution in [0.25, 0.3) is 0 Å². The van der Waals surface area contributed by atoms with Crippen molar-refractivity contribution in [1.29, 1.82) is 0 Å². The van der Waals surface area contributed by atoms with Crippen LogP contribution < -0.4 is 15.0 Å². The number of nitrogens with one attached hydrogen (secondary N) is 1. The largest absolute Gasteiger partial charge is 0.497 e. The summed E-state index contributed by atoms with van der Waals surface area (Å²) in [6.45, 7) is 3.65. The van der Waals surface area contributed by atoms with E-state index in [4.69, 9.17) is 9.47 Å². The lowest BCUT2D eigenvalue weighted by molar-refractivity contribution is -0.127. The van der Waals surface area contributed by atoms with Gasteiger partial charge < -0.3 is 19.7 Å². The summed E-state index contributed by atoms with van der Waals surface area (Å²) >= 11 is 0. The van der Waals surface area contributed by atoms with Crippen LogP contribution in [0.5, 0.6) is 5.75 Å². The molecule has 1 heterocycles. The number of nitrogens with zero attached hydrogens (tertiary/aromatic N) is 1. The van der Waals surface area contributed by atoms with E-state index in [-0.39, 0.29) is 17.7 Å². The maximum absolute atomic E-state index is 12.1. The zero-order valence-corrected chi connectivity index (χ0v) is 13.7. The summed E-state index contributed by atoms with van der Waals surface area (Å²) in [5.41, 5.74) is 0.761. The van der Waals surface area contributed by atoms with Gasteiger partial charge >= 0.3 is 0 Å². The Bertz CT molecular complexity index is 541. The van der Waals surface area contributed by atoms with Crippen molar-refractivity contribution in [3.05, 3.63) is 24.3 Å². The van der Waals surface area contributed by atoms with E-state index in [0.29, 0.717) is 32.1 Å². The van der Waals surface area contributed by atoms with Crippen molar-refractivity contribution in [2.45, 2.75) is 19.8 Å². The zero-order valence-electron chi connectivity index (χ0n) is 13.7. The number of methoxy groups -OCH3 is 1. The number of carbonyl (C=O) groups excluding carboxylic acids is 2. The maximum Gasteiger partial charge on any atom is 0.223 e. The highest BCUT2D eigenvalue weighted by Gasteiger charge is 2.21. The lowest BCUT2D eigenvalue weighted by Gasteiger charge is -2.24. The molecule has 2 rings (SSSR count). The Morgan fingerprint density at radius 1 is 1.35 bits per heavy atom. The molecule has 1 fully saturated rings. The highest BCUT2D eigenvalue weighted by molar-refractivity contribution is 5.91. The second-order valence-corrected chi connectivity index (χ2v) is 5.55. The average Bonchev–Trinajstić information content (AvgIpc) is 2.59. The number of hydrogen-bond donors (Lipinski definition) is 1. The molecule has 6 nitrogen and oxygen atoms in total. The van der Waals surface area contributed by atoms with Gasteiger partial charge in [0.2, 0.25) is 11.8 Å². The van der Waals surface area contributed by atoms with E-state index >= 15 is 0 Å². The molecule has 1 aromatic carbocycles. The summed E-state index contributed by atoms with van der Waals surface area (Å²) in [4.78, 5) is 25.6. The van der Waals surface area contributed by atoms with Crippen LogP contribution in [-0.2, 0) is 14.3 Å². The maximum atomic E-state index is 12.1. The third-order valence-corrected chi connectivity index (χ3v) is 3.97. The molecule has 0 atom stereocenters. The van der Waals surface area contributed by atoms with Gasteiger partial charge in [0, 0.05) is 50.9 Å². The number of rotatable bonds is 6. The van der Waals surface area contributed by atoms with Gasteiger partial charge in [-0.3, -0.25) is 9.59 Å². The fourth-order valence-corrected chi connectivity index (χ4v) is 2.64. The number of ether oxygens (including phenoxy) is 2. The molecule has 0 aliphatic carbocycles. The van der Waals surface area contributed by atoms with Gasteiger partial charge in [-0.15, -0.1) is 0 Å². The van der Waals surface area contributed by atoms with Gasteiger partial charge in [-0.2, -0.15) is 0 Å². The Hall–Kier alpha value is -2.08. The highest BCUT2D eigenvalue weighted by atomic mass is 16.5. The van der Waals surface area contributed by atoms with Crippen LogP contribution in [0.3, 0.4) is 0 Å². The van der Waals surface area contributed by atoms with Gasteiger partial charge in [-0.1, -0.05) is 6.07 Å². The van der Waals surface area contributed by atoms with Crippen LogP contribution in [0.15, 0.2) is 24.3 Å². The minimum atomic E-state index is -0.0708. The Labute approximate surface area is 136 Å². The van der Waals surface area contributed by atoms with Gasteiger partial charge in [-0.25, -0.2) is 0 Å². The van der Waals surface area contributed by atoms with Crippen LogP contribution in [-0.4, -0.2) is 45.2 Å². The summed E-state index contributed by atoms with van der Waals surface area (Å²) in [5, 5.41) is 2.92. The third-order valence-electron chi connectivity index (χ3n) is 3.97. The lowest BCUT2D eigenvalue weighted by atomic mass is 9.99. The molecule has 1 aliphatic heterocycles. The molecule has 0 spiro atoms. The third kappa shape index (κ3) is 4.96.